The lowest BCUT2D eigenvalue weighted by Crippen LogP contribution is -2.18. The molecule has 5 heteroatoms. The first-order valence-corrected chi connectivity index (χ1v) is 6.76. The summed E-state index contributed by atoms with van der Waals surface area (Å²) >= 11 is 5.99. The fraction of sp³-hybridized carbons (Fsp3) is 0.188. The van der Waals surface area contributed by atoms with Gasteiger partial charge in [0.05, 0.1) is 18.7 Å². The van der Waals surface area contributed by atoms with Crippen LogP contribution in [0.15, 0.2) is 42.5 Å². The number of halogens is 1. The number of rotatable bonds is 5. The van der Waals surface area contributed by atoms with Gasteiger partial charge in [-0.3, -0.25) is 0 Å². The Morgan fingerprint density at radius 1 is 1.24 bits per heavy atom. The monoisotopic (exact) mass is 302 g/mol. The highest BCUT2D eigenvalue weighted by molar-refractivity contribution is 6.30. The van der Waals surface area contributed by atoms with Gasteiger partial charge in [0.1, 0.15) is 6.10 Å². The highest BCUT2D eigenvalue weighted by Gasteiger charge is 2.15. The van der Waals surface area contributed by atoms with E-state index < -0.39 is 0 Å². The summed E-state index contributed by atoms with van der Waals surface area (Å²) in [4.78, 5) is 0. The van der Waals surface area contributed by atoms with Crippen LogP contribution in [0.25, 0.3) is 0 Å². The third-order valence-electron chi connectivity index (χ3n) is 3.00. The molecule has 0 radical (unpaired) electrons. The van der Waals surface area contributed by atoms with Gasteiger partial charge >= 0.3 is 0 Å². The van der Waals surface area contributed by atoms with E-state index in [1.165, 1.54) is 7.11 Å². The second kappa shape index (κ2) is 6.98. The van der Waals surface area contributed by atoms with Crippen LogP contribution in [0.3, 0.4) is 0 Å². The smallest absolute Gasteiger partial charge is 0.162 e. The Balaban J connectivity index is 2.29. The SMILES string of the molecule is COc1cc(C#N)ccc1OC(CN)c1cccc(Cl)c1. The first-order chi connectivity index (χ1) is 10.2. The summed E-state index contributed by atoms with van der Waals surface area (Å²) < 4.78 is 11.2. The fourth-order valence-corrected chi connectivity index (χ4v) is 2.15. The van der Waals surface area contributed by atoms with E-state index in [1.54, 1.807) is 24.3 Å². The van der Waals surface area contributed by atoms with E-state index in [2.05, 4.69) is 6.07 Å². The quantitative estimate of drug-likeness (QED) is 0.920. The molecule has 1 atom stereocenters. The minimum Gasteiger partial charge on any atom is -0.493 e. The molecule has 0 aliphatic rings. The van der Waals surface area contributed by atoms with Crippen molar-refractivity contribution in [3.63, 3.8) is 0 Å². The summed E-state index contributed by atoms with van der Waals surface area (Å²) in [7, 11) is 1.53. The van der Waals surface area contributed by atoms with Crippen molar-refractivity contribution in [1.29, 1.82) is 5.26 Å². The number of nitrogens with zero attached hydrogens (tertiary/aromatic N) is 1. The Morgan fingerprint density at radius 3 is 2.67 bits per heavy atom. The van der Waals surface area contributed by atoms with E-state index in [1.807, 2.05) is 18.2 Å². The number of nitriles is 1. The number of nitrogens with two attached hydrogens (primary N) is 1. The first-order valence-electron chi connectivity index (χ1n) is 6.38. The molecule has 2 N–H and O–H groups in total. The topological polar surface area (TPSA) is 68.3 Å². The first kappa shape index (κ1) is 15.2. The number of hydrogen-bond acceptors (Lipinski definition) is 4. The molecule has 0 spiro atoms. The van der Waals surface area contributed by atoms with Crippen molar-refractivity contribution in [2.45, 2.75) is 6.10 Å². The van der Waals surface area contributed by atoms with E-state index in [-0.39, 0.29) is 6.10 Å². The number of hydrogen-bond donors (Lipinski definition) is 1. The van der Waals surface area contributed by atoms with Crippen molar-refractivity contribution < 1.29 is 9.47 Å². The molecule has 0 heterocycles. The molecule has 0 aliphatic carbocycles. The van der Waals surface area contributed by atoms with Crippen molar-refractivity contribution in [3.8, 4) is 17.6 Å². The van der Waals surface area contributed by atoms with Gasteiger partial charge in [-0.2, -0.15) is 5.26 Å². The lowest BCUT2D eigenvalue weighted by atomic mass is 10.1. The molecule has 0 saturated heterocycles. The number of methoxy groups -OCH3 is 1. The number of benzene rings is 2. The second-order valence-electron chi connectivity index (χ2n) is 4.37. The Kier molecular flexibility index (Phi) is 5.04. The van der Waals surface area contributed by atoms with Crippen LogP contribution in [0.5, 0.6) is 11.5 Å². The maximum Gasteiger partial charge on any atom is 0.162 e. The van der Waals surface area contributed by atoms with Crippen LogP contribution >= 0.6 is 11.6 Å². The molecule has 4 nitrogen and oxygen atoms in total. The Labute approximate surface area is 128 Å². The molecular weight excluding hydrogens is 288 g/mol. The van der Waals surface area contributed by atoms with E-state index in [4.69, 9.17) is 32.1 Å². The summed E-state index contributed by atoms with van der Waals surface area (Å²) in [6.45, 7) is 0.295. The van der Waals surface area contributed by atoms with Crippen LogP contribution < -0.4 is 15.2 Å². The van der Waals surface area contributed by atoms with Gasteiger partial charge in [0, 0.05) is 17.6 Å². The molecule has 0 aliphatic heterocycles. The highest BCUT2D eigenvalue weighted by Crippen LogP contribution is 2.32. The zero-order valence-corrected chi connectivity index (χ0v) is 12.3. The Hall–Kier alpha value is -2.22. The molecular formula is C16H15ClN2O2. The summed E-state index contributed by atoms with van der Waals surface area (Å²) in [5.41, 5.74) is 7.18. The van der Waals surface area contributed by atoms with Crippen LogP contribution in [0.4, 0.5) is 0 Å². The average molecular weight is 303 g/mol. The molecule has 1 unspecified atom stereocenters. The van der Waals surface area contributed by atoms with Gasteiger partial charge in [0.25, 0.3) is 0 Å². The zero-order valence-electron chi connectivity index (χ0n) is 11.5. The molecule has 2 rings (SSSR count). The van der Waals surface area contributed by atoms with Gasteiger partial charge in [-0.05, 0) is 29.8 Å². The van der Waals surface area contributed by atoms with Gasteiger partial charge in [0.15, 0.2) is 11.5 Å². The van der Waals surface area contributed by atoms with Gasteiger partial charge in [-0.25, -0.2) is 0 Å². The maximum absolute atomic E-state index is 8.90. The predicted octanol–water partition coefficient (Wildman–Crippen LogP) is 3.30. The van der Waals surface area contributed by atoms with Crippen LogP contribution in [-0.2, 0) is 0 Å². The van der Waals surface area contributed by atoms with Crippen molar-refractivity contribution in [3.05, 3.63) is 58.6 Å². The van der Waals surface area contributed by atoms with E-state index >= 15 is 0 Å². The van der Waals surface area contributed by atoms with Crippen molar-refractivity contribution in [2.24, 2.45) is 5.73 Å². The van der Waals surface area contributed by atoms with E-state index in [9.17, 15) is 0 Å². The van der Waals surface area contributed by atoms with Gasteiger partial charge in [-0.1, -0.05) is 23.7 Å². The average Bonchev–Trinajstić information content (AvgIpc) is 2.52. The largest absolute Gasteiger partial charge is 0.493 e. The lowest BCUT2D eigenvalue weighted by molar-refractivity contribution is 0.204. The minimum atomic E-state index is -0.342. The van der Waals surface area contributed by atoms with Gasteiger partial charge < -0.3 is 15.2 Å². The van der Waals surface area contributed by atoms with Crippen LogP contribution in [0, 0.1) is 11.3 Å². The lowest BCUT2D eigenvalue weighted by Gasteiger charge is -2.19. The third kappa shape index (κ3) is 3.66. The second-order valence-corrected chi connectivity index (χ2v) is 4.81. The Morgan fingerprint density at radius 2 is 2.05 bits per heavy atom. The zero-order chi connectivity index (χ0) is 15.2. The fourth-order valence-electron chi connectivity index (χ4n) is 1.95. The van der Waals surface area contributed by atoms with Gasteiger partial charge in [0.2, 0.25) is 0 Å². The van der Waals surface area contributed by atoms with Crippen LogP contribution in [0.2, 0.25) is 5.02 Å². The highest BCUT2D eigenvalue weighted by atomic mass is 35.5. The van der Waals surface area contributed by atoms with Crippen LogP contribution in [-0.4, -0.2) is 13.7 Å². The molecule has 2 aromatic rings. The molecule has 0 bridgehead atoms. The molecule has 2 aromatic carbocycles. The minimum absolute atomic E-state index is 0.295. The molecule has 0 amide bonds. The predicted molar refractivity (Wildman–Crippen MR) is 81.6 cm³/mol. The van der Waals surface area contributed by atoms with E-state index in [0.29, 0.717) is 28.6 Å². The van der Waals surface area contributed by atoms with Crippen molar-refractivity contribution in [1.82, 2.24) is 0 Å². The summed E-state index contributed by atoms with van der Waals surface area (Å²) in [5.74, 6) is 1.03. The normalized spacial score (nSPS) is 11.5. The molecule has 108 valence electrons. The van der Waals surface area contributed by atoms with Crippen molar-refractivity contribution >= 4 is 11.6 Å². The Bertz CT molecular complexity index is 668. The van der Waals surface area contributed by atoms with Gasteiger partial charge in [-0.15, -0.1) is 0 Å². The van der Waals surface area contributed by atoms with Crippen molar-refractivity contribution in [2.75, 3.05) is 13.7 Å². The molecule has 0 aromatic heterocycles. The molecule has 0 fully saturated rings. The summed E-state index contributed by atoms with van der Waals surface area (Å²) in [6.07, 6.45) is -0.342. The summed E-state index contributed by atoms with van der Waals surface area (Å²) in [5, 5.41) is 9.53. The summed E-state index contributed by atoms with van der Waals surface area (Å²) in [6, 6.07) is 14.4. The maximum atomic E-state index is 8.90. The van der Waals surface area contributed by atoms with Crippen LogP contribution in [0.1, 0.15) is 17.2 Å². The third-order valence-corrected chi connectivity index (χ3v) is 3.23. The van der Waals surface area contributed by atoms with E-state index in [0.717, 1.165) is 5.56 Å². The number of ether oxygens (including phenoxy) is 2. The molecule has 21 heavy (non-hydrogen) atoms. The standard InChI is InChI=1S/C16H15ClN2O2/c1-20-15-7-11(9-18)5-6-14(15)21-16(10-19)12-3-2-4-13(17)8-12/h2-8,16H,10,19H2,1H3. The molecule has 0 saturated carbocycles.